The number of halogens is 2. The normalized spacial score (nSPS) is 12.3. The Morgan fingerprint density at radius 2 is 1.81 bits per heavy atom. The summed E-state index contributed by atoms with van der Waals surface area (Å²) in [6.45, 7) is 0. The topological polar surface area (TPSA) is 70.5 Å². The lowest BCUT2D eigenvalue weighted by Crippen LogP contribution is -2.13. The molecule has 0 fully saturated rings. The molecule has 3 rings (SSSR count). The number of ketones is 2. The standard InChI is InChI=1S/C10H9ClN2O.C10H9ClO/c11-10-4-2-1-3-8(10)5-6-9(14)7-13-12;11-10-3-1-2-7-6-8(12)4-5-9(7)10/h1-4,7H,5-6H2;1-3H,4-6H2. The molecular weight excluding hydrogens is 371 g/mol. The van der Waals surface area contributed by atoms with Crippen LogP contribution in [0.4, 0.5) is 0 Å². The van der Waals surface area contributed by atoms with Gasteiger partial charge in [0.05, 0.1) is 0 Å². The molecule has 0 heterocycles. The average Bonchev–Trinajstić information content (AvgIpc) is 2.62. The Morgan fingerprint density at radius 1 is 1.08 bits per heavy atom. The van der Waals surface area contributed by atoms with Crippen LogP contribution in [-0.2, 0) is 28.9 Å². The summed E-state index contributed by atoms with van der Waals surface area (Å²) in [6.07, 6.45) is 3.79. The van der Waals surface area contributed by atoms with Crippen LogP contribution in [0.5, 0.6) is 0 Å². The van der Waals surface area contributed by atoms with Crippen molar-refractivity contribution >= 4 is 41.0 Å². The number of carbonyl (C=O) groups excluding carboxylic acids is 2. The highest BCUT2D eigenvalue weighted by Gasteiger charge is 2.16. The number of hydrogen-bond donors (Lipinski definition) is 0. The monoisotopic (exact) mass is 388 g/mol. The molecule has 0 aromatic heterocycles. The van der Waals surface area contributed by atoms with Crippen molar-refractivity contribution in [3.63, 3.8) is 0 Å². The minimum atomic E-state index is -0.215. The largest absolute Gasteiger partial charge is 0.361 e. The summed E-state index contributed by atoms with van der Waals surface area (Å²) in [7, 11) is 0. The maximum atomic E-state index is 11.1. The van der Waals surface area contributed by atoms with E-state index in [0.717, 1.165) is 28.8 Å². The van der Waals surface area contributed by atoms with Crippen LogP contribution in [0.2, 0.25) is 10.0 Å². The van der Waals surface area contributed by atoms with Gasteiger partial charge in [0.25, 0.3) is 0 Å². The van der Waals surface area contributed by atoms with E-state index in [1.54, 1.807) is 6.07 Å². The summed E-state index contributed by atoms with van der Waals surface area (Å²) in [4.78, 5) is 24.7. The number of fused-ring (bicyclic) bond motifs is 1. The van der Waals surface area contributed by atoms with Gasteiger partial charge in [0.15, 0.2) is 0 Å². The van der Waals surface area contributed by atoms with Gasteiger partial charge in [-0.2, -0.15) is 4.79 Å². The fourth-order valence-corrected chi connectivity index (χ4v) is 3.22. The number of Topliss-reactive ketones (excluding diaryl/α,β-unsaturated/α-hetero) is 2. The van der Waals surface area contributed by atoms with E-state index in [-0.39, 0.29) is 5.78 Å². The Hall–Kier alpha value is -2.26. The van der Waals surface area contributed by atoms with Crippen molar-refractivity contribution in [2.45, 2.75) is 32.1 Å². The molecule has 2 aromatic carbocycles. The van der Waals surface area contributed by atoms with Crippen LogP contribution in [0.25, 0.3) is 5.53 Å². The third-order valence-corrected chi connectivity index (χ3v) is 4.78. The molecule has 4 nitrogen and oxygen atoms in total. The summed E-state index contributed by atoms with van der Waals surface area (Å²) in [5.74, 6) is 0.109. The Balaban J connectivity index is 0.000000189. The molecule has 0 saturated heterocycles. The molecule has 0 radical (unpaired) electrons. The van der Waals surface area contributed by atoms with Gasteiger partial charge in [-0.15, -0.1) is 0 Å². The van der Waals surface area contributed by atoms with Gasteiger partial charge < -0.3 is 5.53 Å². The van der Waals surface area contributed by atoms with Gasteiger partial charge >= 0.3 is 6.21 Å². The first-order valence-electron chi connectivity index (χ1n) is 8.23. The van der Waals surface area contributed by atoms with Crippen molar-refractivity contribution in [1.29, 1.82) is 0 Å². The zero-order valence-corrected chi connectivity index (χ0v) is 15.6. The number of aryl methyl sites for hydroxylation is 1. The maximum absolute atomic E-state index is 11.1. The fourth-order valence-electron chi connectivity index (χ4n) is 2.70. The van der Waals surface area contributed by atoms with Crippen molar-refractivity contribution in [1.82, 2.24) is 0 Å². The van der Waals surface area contributed by atoms with Crippen LogP contribution < -0.4 is 0 Å². The van der Waals surface area contributed by atoms with E-state index in [2.05, 4.69) is 4.79 Å². The van der Waals surface area contributed by atoms with E-state index in [4.69, 9.17) is 28.7 Å². The minimum absolute atomic E-state index is 0.215. The Bertz CT molecular complexity index is 859. The van der Waals surface area contributed by atoms with Crippen molar-refractivity contribution in [3.8, 4) is 0 Å². The smallest absolute Gasteiger partial charge is 0.323 e. The van der Waals surface area contributed by atoms with Crippen molar-refractivity contribution < 1.29 is 14.4 Å². The lowest BCUT2D eigenvalue weighted by Gasteiger charge is -2.15. The minimum Gasteiger partial charge on any atom is -0.361 e. The van der Waals surface area contributed by atoms with Crippen molar-refractivity contribution in [3.05, 3.63) is 74.7 Å². The summed E-state index contributed by atoms with van der Waals surface area (Å²) < 4.78 is 0. The zero-order chi connectivity index (χ0) is 18.9. The molecule has 0 bridgehead atoms. The van der Waals surface area contributed by atoms with Crippen LogP contribution in [-0.4, -0.2) is 22.6 Å². The highest BCUT2D eigenvalue weighted by Crippen LogP contribution is 2.25. The summed E-state index contributed by atoms with van der Waals surface area (Å²) in [6, 6.07) is 13.1. The van der Waals surface area contributed by atoms with Crippen LogP contribution in [0.3, 0.4) is 0 Å². The van der Waals surface area contributed by atoms with Crippen molar-refractivity contribution in [2.75, 3.05) is 0 Å². The number of benzene rings is 2. The van der Waals surface area contributed by atoms with Gasteiger partial charge in [-0.1, -0.05) is 53.5 Å². The van der Waals surface area contributed by atoms with Gasteiger partial charge in [-0.05, 0) is 41.7 Å². The Morgan fingerprint density at radius 3 is 2.54 bits per heavy atom. The van der Waals surface area contributed by atoms with E-state index in [1.165, 1.54) is 5.56 Å². The van der Waals surface area contributed by atoms with E-state index >= 15 is 0 Å². The zero-order valence-electron chi connectivity index (χ0n) is 14.1. The highest BCUT2D eigenvalue weighted by molar-refractivity contribution is 6.31. The van der Waals surface area contributed by atoms with E-state index in [1.807, 2.05) is 36.4 Å². The summed E-state index contributed by atoms with van der Waals surface area (Å²) in [5, 5.41) is 1.46. The van der Waals surface area contributed by atoms with Gasteiger partial charge in [-0.25, -0.2) is 0 Å². The molecule has 0 spiro atoms. The quantitative estimate of drug-likeness (QED) is 0.438. The number of hydrogen-bond acceptors (Lipinski definition) is 2. The molecule has 0 aliphatic heterocycles. The van der Waals surface area contributed by atoms with Crippen LogP contribution in [0.1, 0.15) is 29.5 Å². The second kappa shape index (κ2) is 10.0. The number of rotatable bonds is 4. The number of carbonyl (C=O) groups is 2. The molecule has 0 N–H and O–H groups in total. The van der Waals surface area contributed by atoms with E-state index < -0.39 is 0 Å². The van der Waals surface area contributed by atoms with Gasteiger partial charge in [0.1, 0.15) is 5.78 Å². The Labute approximate surface area is 162 Å². The predicted molar refractivity (Wildman–Crippen MR) is 103 cm³/mol. The molecule has 6 heteroatoms. The second-order valence-electron chi connectivity index (χ2n) is 5.90. The first kappa shape index (κ1) is 20.1. The van der Waals surface area contributed by atoms with Gasteiger partial charge in [0.2, 0.25) is 5.78 Å². The molecule has 0 saturated carbocycles. The lowest BCUT2D eigenvalue weighted by atomic mass is 9.91. The lowest BCUT2D eigenvalue weighted by molar-refractivity contribution is -0.118. The first-order chi connectivity index (χ1) is 12.5. The molecule has 2 aromatic rings. The summed E-state index contributed by atoms with van der Waals surface area (Å²) >= 11 is 11.9. The molecule has 0 amide bonds. The second-order valence-corrected chi connectivity index (χ2v) is 6.71. The average molecular weight is 389 g/mol. The third kappa shape index (κ3) is 5.92. The molecule has 1 aliphatic rings. The van der Waals surface area contributed by atoms with Crippen LogP contribution >= 0.6 is 23.2 Å². The first-order valence-corrected chi connectivity index (χ1v) is 8.98. The fraction of sp³-hybridized carbons (Fsp3) is 0.250. The molecule has 26 heavy (non-hydrogen) atoms. The van der Waals surface area contributed by atoms with Crippen molar-refractivity contribution in [2.24, 2.45) is 0 Å². The highest BCUT2D eigenvalue weighted by atomic mass is 35.5. The van der Waals surface area contributed by atoms with Crippen LogP contribution in [0, 0.1) is 0 Å². The van der Waals surface area contributed by atoms with E-state index in [0.29, 0.717) is 36.5 Å². The molecule has 1 aliphatic carbocycles. The number of nitrogens with zero attached hydrogens (tertiary/aromatic N) is 2. The van der Waals surface area contributed by atoms with Gasteiger partial charge in [0, 0.05) is 29.3 Å². The molecule has 134 valence electrons. The molecule has 0 unspecified atom stereocenters. The van der Waals surface area contributed by atoms with Gasteiger partial charge in [-0.3, -0.25) is 9.59 Å². The predicted octanol–water partition coefficient (Wildman–Crippen LogP) is 4.54. The Kier molecular flexibility index (Phi) is 7.73. The van der Waals surface area contributed by atoms with E-state index in [9.17, 15) is 9.59 Å². The molecule has 0 atom stereocenters. The maximum Gasteiger partial charge on any atom is 0.323 e. The molecular formula is C20H18Cl2N2O2. The third-order valence-electron chi connectivity index (χ3n) is 4.06. The van der Waals surface area contributed by atoms with Crippen LogP contribution in [0.15, 0.2) is 42.5 Å². The summed E-state index contributed by atoms with van der Waals surface area (Å²) in [5.41, 5.74) is 11.3. The SMILES string of the molecule is O=C1CCc2c(Cl)cccc2C1.[N-]=[N+]=CC(=O)CCc1ccccc1Cl.